The van der Waals surface area contributed by atoms with E-state index in [1.807, 2.05) is 0 Å². The second-order valence-corrected chi connectivity index (χ2v) is 5.52. The Morgan fingerprint density at radius 1 is 1.41 bits per heavy atom. The Labute approximate surface area is 107 Å². The third-order valence-corrected chi connectivity index (χ3v) is 4.03. The van der Waals surface area contributed by atoms with Gasteiger partial charge in [0.25, 0.3) is 0 Å². The van der Waals surface area contributed by atoms with Crippen LogP contribution in [0.2, 0.25) is 0 Å². The first-order chi connectivity index (χ1) is 8.16. The van der Waals surface area contributed by atoms with Crippen LogP contribution in [0.5, 0.6) is 0 Å². The van der Waals surface area contributed by atoms with E-state index in [9.17, 15) is 9.59 Å². The van der Waals surface area contributed by atoms with E-state index in [0.717, 1.165) is 17.9 Å². The Morgan fingerprint density at radius 3 is 2.82 bits per heavy atom. The molecule has 1 heterocycles. The number of carboxylic acids is 1. The predicted octanol–water partition coefficient (Wildman–Crippen LogP) is 1.99. The van der Waals surface area contributed by atoms with Crippen molar-refractivity contribution in [1.29, 1.82) is 0 Å². The van der Waals surface area contributed by atoms with Gasteiger partial charge in [-0.05, 0) is 25.0 Å². The summed E-state index contributed by atoms with van der Waals surface area (Å²) in [4.78, 5) is 24.3. The molecule has 1 rings (SSSR count). The molecule has 0 aromatic heterocycles. The number of thioether (sulfide) groups is 1. The van der Waals surface area contributed by atoms with Crippen molar-refractivity contribution in [3.63, 3.8) is 0 Å². The van der Waals surface area contributed by atoms with Crippen LogP contribution in [0.4, 0.5) is 0 Å². The summed E-state index contributed by atoms with van der Waals surface area (Å²) < 4.78 is 0. The van der Waals surface area contributed by atoms with Crippen LogP contribution >= 0.6 is 11.8 Å². The zero-order valence-electron chi connectivity index (χ0n) is 10.4. The Kier molecular flexibility index (Phi) is 6.40. The van der Waals surface area contributed by atoms with E-state index in [-0.39, 0.29) is 5.91 Å². The molecule has 0 unspecified atom stereocenters. The number of likely N-dealkylation sites (tertiary alicyclic amines) is 1. The number of nitrogens with zero attached hydrogens (tertiary/aromatic N) is 1. The van der Waals surface area contributed by atoms with Crippen molar-refractivity contribution in [3.8, 4) is 0 Å². The van der Waals surface area contributed by atoms with Crippen LogP contribution in [0.15, 0.2) is 0 Å². The molecule has 17 heavy (non-hydrogen) atoms. The normalized spacial score (nSPS) is 19.6. The van der Waals surface area contributed by atoms with Crippen LogP contribution in [0.25, 0.3) is 0 Å². The van der Waals surface area contributed by atoms with Crippen LogP contribution in [-0.2, 0) is 9.59 Å². The molecule has 0 spiro atoms. The van der Waals surface area contributed by atoms with Crippen LogP contribution in [0.1, 0.15) is 39.0 Å². The predicted molar refractivity (Wildman–Crippen MR) is 69.2 cm³/mol. The number of carbonyl (C=O) groups excluding carboxylic acids is 1. The molecule has 0 radical (unpaired) electrons. The molecular weight excluding hydrogens is 238 g/mol. The third-order valence-electron chi connectivity index (χ3n) is 2.96. The second-order valence-electron chi connectivity index (χ2n) is 4.30. The number of hydrogen-bond acceptors (Lipinski definition) is 3. The second kappa shape index (κ2) is 7.58. The first kappa shape index (κ1) is 14.4. The zero-order valence-corrected chi connectivity index (χ0v) is 11.2. The number of unbranched alkanes of at least 4 members (excludes halogenated alkanes) is 1. The Balaban J connectivity index is 2.25. The quantitative estimate of drug-likeness (QED) is 0.710. The van der Waals surface area contributed by atoms with E-state index in [0.29, 0.717) is 19.4 Å². The van der Waals surface area contributed by atoms with E-state index in [2.05, 4.69) is 6.92 Å². The summed E-state index contributed by atoms with van der Waals surface area (Å²) in [5, 5.41) is 8.98. The molecule has 1 amide bonds. The topological polar surface area (TPSA) is 57.6 Å². The maximum atomic E-state index is 11.8. The third kappa shape index (κ3) is 4.58. The van der Waals surface area contributed by atoms with Crippen molar-refractivity contribution in [2.75, 3.05) is 18.1 Å². The standard InChI is InChI=1S/C12H21NO3S/c1-2-3-8-17-9-6-11(14)13-7-4-5-10(13)12(15)16/h10H,2-9H2,1H3,(H,15,16)/t10-/m0/s1. The molecule has 98 valence electrons. The van der Waals surface area contributed by atoms with Crippen molar-refractivity contribution in [2.45, 2.75) is 45.1 Å². The smallest absolute Gasteiger partial charge is 0.326 e. The molecular formula is C12H21NO3S. The largest absolute Gasteiger partial charge is 0.480 e. The maximum absolute atomic E-state index is 11.8. The van der Waals surface area contributed by atoms with Gasteiger partial charge in [-0.3, -0.25) is 4.79 Å². The molecule has 0 aliphatic carbocycles. The maximum Gasteiger partial charge on any atom is 0.326 e. The van der Waals surface area contributed by atoms with Crippen LogP contribution in [-0.4, -0.2) is 46.0 Å². The van der Waals surface area contributed by atoms with Gasteiger partial charge in [-0.15, -0.1) is 0 Å². The van der Waals surface area contributed by atoms with Crippen molar-refractivity contribution in [1.82, 2.24) is 4.90 Å². The van der Waals surface area contributed by atoms with E-state index >= 15 is 0 Å². The fraction of sp³-hybridized carbons (Fsp3) is 0.833. The zero-order chi connectivity index (χ0) is 12.7. The molecule has 0 aromatic rings. The number of hydrogen-bond donors (Lipinski definition) is 1. The minimum absolute atomic E-state index is 0.00102. The van der Waals surface area contributed by atoms with Gasteiger partial charge in [-0.2, -0.15) is 11.8 Å². The summed E-state index contributed by atoms with van der Waals surface area (Å²) >= 11 is 1.78. The molecule has 1 aliphatic heterocycles. The SMILES string of the molecule is CCCCSCCC(=O)N1CCC[C@H]1C(=O)O. The minimum Gasteiger partial charge on any atom is -0.480 e. The van der Waals surface area contributed by atoms with Crippen LogP contribution in [0, 0.1) is 0 Å². The highest BCUT2D eigenvalue weighted by atomic mass is 32.2. The molecule has 5 heteroatoms. The van der Waals surface area contributed by atoms with E-state index in [1.165, 1.54) is 17.7 Å². The summed E-state index contributed by atoms with van der Waals surface area (Å²) in [6, 6.07) is -0.580. The molecule has 1 fully saturated rings. The van der Waals surface area contributed by atoms with Gasteiger partial charge < -0.3 is 10.0 Å². The van der Waals surface area contributed by atoms with Gasteiger partial charge in [-0.25, -0.2) is 4.79 Å². The summed E-state index contributed by atoms with van der Waals surface area (Å²) in [5.74, 6) is 1.03. The van der Waals surface area contributed by atoms with E-state index in [1.54, 1.807) is 11.8 Å². The summed E-state index contributed by atoms with van der Waals surface area (Å²) in [6.07, 6.45) is 4.24. The summed E-state index contributed by atoms with van der Waals surface area (Å²) in [7, 11) is 0. The molecule has 0 aromatic carbocycles. The number of amides is 1. The Morgan fingerprint density at radius 2 is 2.18 bits per heavy atom. The highest BCUT2D eigenvalue weighted by Crippen LogP contribution is 2.19. The first-order valence-electron chi connectivity index (χ1n) is 6.26. The Hall–Kier alpha value is -0.710. The van der Waals surface area contributed by atoms with Crippen LogP contribution in [0.3, 0.4) is 0 Å². The average molecular weight is 259 g/mol. The molecule has 1 aliphatic rings. The lowest BCUT2D eigenvalue weighted by Gasteiger charge is -2.21. The summed E-state index contributed by atoms with van der Waals surface area (Å²) in [6.45, 7) is 2.75. The monoisotopic (exact) mass is 259 g/mol. The number of rotatable bonds is 7. The number of carbonyl (C=O) groups is 2. The molecule has 1 saturated heterocycles. The fourth-order valence-corrected chi connectivity index (χ4v) is 2.99. The van der Waals surface area contributed by atoms with Crippen molar-refractivity contribution in [3.05, 3.63) is 0 Å². The van der Waals surface area contributed by atoms with Crippen molar-refractivity contribution >= 4 is 23.6 Å². The van der Waals surface area contributed by atoms with Gasteiger partial charge in [-0.1, -0.05) is 13.3 Å². The lowest BCUT2D eigenvalue weighted by molar-refractivity contribution is -0.148. The first-order valence-corrected chi connectivity index (χ1v) is 7.42. The number of aliphatic carboxylic acids is 1. The highest BCUT2D eigenvalue weighted by Gasteiger charge is 2.33. The van der Waals surface area contributed by atoms with Gasteiger partial charge >= 0.3 is 5.97 Å². The molecule has 1 N–H and O–H groups in total. The minimum atomic E-state index is -0.866. The molecule has 4 nitrogen and oxygen atoms in total. The molecule has 1 atom stereocenters. The number of carboxylic acid groups (broad SMARTS) is 1. The van der Waals surface area contributed by atoms with E-state index < -0.39 is 12.0 Å². The lowest BCUT2D eigenvalue weighted by Crippen LogP contribution is -2.40. The van der Waals surface area contributed by atoms with Gasteiger partial charge in [0, 0.05) is 18.7 Å². The fourth-order valence-electron chi connectivity index (χ4n) is 1.97. The average Bonchev–Trinajstić information content (AvgIpc) is 2.77. The van der Waals surface area contributed by atoms with Crippen LogP contribution < -0.4 is 0 Å². The van der Waals surface area contributed by atoms with E-state index in [4.69, 9.17) is 5.11 Å². The van der Waals surface area contributed by atoms with Gasteiger partial charge in [0.2, 0.25) is 5.91 Å². The van der Waals surface area contributed by atoms with Crippen molar-refractivity contribution in [2.24, 2.45) is 0 Å². The highest BCUT2D eigenvalue weighted by molar-refractivity contribution is 7.99. The summed E-state index contributed by atoms with van der Waals surface area (Å²) in [5.41, 5.74) is 0. The molecule has 0 saturated carbocycles. The molecule has 0 bridgehead atoms. The van der Waals surface area contributed by atoms with Crippen molar-refractivity contribution < 1.29 is 14.7 Å². The lowest BCUT2D eigenvalue weighted by atomic mass is 10.2. The Bertz CT molecular complexity index is 270. The van der Waals surface area contributed by atoms with Gasteiger partial charge in [0.1, 0.15) is 6.04 Å². The van der Waals surface area contributed by atoms with Gasteiger partial charge in [0.05, 0.1) is 0 Å². The van der Waals surface area contributed by atoms with Gasteiger partial charge in [0.15, 0.2) is 0 Å².